The van der Waals surface area contributed by atoms with Gasteiger partial charge in [0.2, 0.25) is 5.91 Å². The molecule has 2 aliphatic rings. The van der Waals surface area contributed by atoms with Crippen molar-refractivity contribution in [1.82, 2.24) is 30.7 Å². The van der Waals surface area contributed by atoms with E-state index in [0.29, 0.717) is 18.8 Å². The fourth-order valence-electron chi connectivity index (χ4n) is 4.17. The van der Waals surface area contributed by atoms with E-state index in [4.69, 9.17) is 4.74 Å². The van der Waals surface area contributed by atoms with Crippen LogP contribution in [0.2, 0.25) is 0 Å². The van der Waals surface area contributed by atoms with Crippen molar-refractivity contribution in [2.24, 2.45) is 10.4 Å². The van der Waals surface area contributed by atoms with E-state index in [0.717, 1.165) is 55.6 Å². The summed E-state index contributed by atoms with van der Waals surface area (Å²) in [7, 11) is 3.43. The maximum absolute atomic E-state index is 11.7. The molecule has 1 spiro atoms. The van der Waals surface area contributed by atoms with E-state index in [9.17, 15) is 4.79 Å². The first-order chi connectivity index (χ1) is 14.1. The molecule has 0 saturated carbocycles. The first-order valence-electron chi connectivity index (χ1n) is 9.89. The summed E-state index contributed by atoms with van der Waals surface area (Å²) in [5, 5.41) is 13.7. The van der Waals surface area contributed by atoms with Crippen molar-refractivity contribution in [2.75, 3.05) is 33.8 Å². The molecule has 3 N–H and O–H groups in total. The van der Waals surface area contributed by atoms with E-state index in [1.54, 1.807) is 14.2 Å². The summed E-state index contributed by atoms with van der Waals surface area (Å²) in [6.45, 7) is 3.02. The lowest BCUT2D eigenvalue weighted by molar-refractivity contribution is -0.119. The molecule has 1 atom stereocenters. The molecule has 9 nitrogen and oxygen atoms in total. The Hall–Kier alpha value is -2.37. The van der Waals surface area contributed by atoms with Crippen molar-refractivity contribution >= 4 is 35.8 Å². The van der Waals surface area contributed by atoms with Gasteiger partial charge in [-0.15, -0.1) is 24.0 Å². The number of likely N-dealkylation sites (tertiary alicyclic amines) is 1. The highest BCUT2D eigenvalue weighted by atomic mass is 127. The van der Waals surface area contributed by atoms with Gasteiger partial charge in [-0.3, -0.25) is 14.9 Å². The highest BCUT2D eigenvalue weighted by molar-refractivity contribution is 14.0. The van der Waals surface area contributed by atoms with Crippen LogP contribution in [0.3, 0.4) is 0 Å². The van der Waals surface area contributed by atoms with Gasteiger partial charge in [0.05, 0.1) is 13.7 Å². The third-order valence-electron chi connectivity index (χ3n) is 5.66. The number of hydrogen-bond donors (Lipinski definition) is 3. The number of hydrogen-bond acceptors (Lipinski definition) is 5. The fraction of sp³-hybridized carbons (Fsp3) is 0.500. The van der Waals surface area contributed by atoms with Crippen LogP contribution in [-0.4, -0.2) is 65.7 Å². The van der Waals surface area contributed by atoms with Crippen molar-refractivity contribution in [1.29, 1.82) is 0 Å². The fourth-order valence-corrected chi connectivity index (χ4v) is 4.17. The van der Waals surface area contributed by atoms with Crippen LogP contribution in [-0.2, 0) is 11.3 Å². The summed E-state index contributed by atoms with van der Waals surface area (Å²) in [6.07, 6.45) is 2.74. The van der Waals surface area contributed by atoms with Gasteiger partial charge in [-0.05, 0) is 37.1 Å². The summed E-state index contributed by atoms with van der Waals surface area (Å²) >= 11 is 0. The number of carbonyl (C=O) groups is 1. The first-order valence-corrected chi connectivity index (χ1v) is 9.89. The molecule has 0 bridgehead atoms. The minimum atomic E-state index is 0. The summed E-state index contributed by atoms with van der Waals surface area (Å²) < 4.78 is 5.19. The third kappa shape index (κ3) is 4.85. The van der Waals surface area contributed by atoms with Gasteiger partial charge >= 0.3 is 0 Å². The maximum atomic E-state index is 11.7. The SMILES string of the molecule is CN=C(NCc1nc(-c2ccc(OC)cc2)n[nH]1)N1CCCC2(CNC(=O)C2)C1.I. The number of aliphatic imine (C=N–C) groups is 1. The Bertz CT molecular complexity index is 899. The van der Waals surface area contributed by atoms with E-state index in [2.05, 4.69) is 35.7 Å². The number of benzene rings is 1. The Kier molecular flexibility index (Phi) is 7.16. The third-order valence-corrected chi connectivity index (χ3v) is 5.66. The Labute approximate surface area is 193 Å². The Morgan fingerprint density at radius 1 is 1.37 bits per heavy atom. The summed E-state index contributed by atoms with van der Waals surface area (Å²) in [6, 6.07) is 7.64. The quantitative estimate of drug-likeness (QED) is 0.319. The Balaban J connectivity index is 0.00000256. The number of amides is 1. The van der Waals surface area contributed by atoms with Gasteiger partial charge in [-0.25, -0.2) is 4.98 Å². The minimum absolute atomic E-state index is 0. The average molecular weight is 525 g/mol. The van der Waals surface area contributed by atoms with Crippen LogP contribution in [0.5, 0.6) is 5.75 Å². The van der Waals surface area contributed by atoms with Crippen molar-refractivity contribution in [3.63, 3.8) is 0 Å². The molecule has 2 aromatic rings. The lowest BCUT2D eigenvalue weighted by Gasteiger charge is -2.40. The molecule has 30 heavy (non-hydrogen) atoms. The number of ether oxygens (including phenoxy) is 1. The van der Waals surface area contributed by atoms with Gasteiger partial charge in [-0.1, -0.05) is 0 Å². The zero-order chi connectivity index (χ0) is 20.3. The highest BCUT2D eigenvalue weighted by Crippen LogP contribution is 2.36. The number of halogens is 1. The maximum Gasteiger partial charge on any atom is 0.220 e. The second-order valence-electron chi connectivity index (χ2n) is 7.71. The number of carbonyl (C=O) groups excluding carboxylic acids is 1. The predicted octanol–water partition coefficient (Wildman–Crippen LogP) is 1.78. The molecule has 0 aliphatic carbocycles. The molecule has 2 saturated heterocycles. The second kappa shape index (κ2) is 9.63. The number of nitrogens with zero attached hydrogens (tertiary/aromatic N) is 4. The standard InChI is InChI=1S/C20H27N7O2.HI/c1-21-19(27-9-3-8-20(13-27)10-17(28)23-12-20)22-11-16-24-18(26-25-16)14-4-6-15(29-2)7-5-14;/h4-7H,3,8-13H2,1-2H3,(H,21,22)(H,23,28)(H,24,25,26);1H. The van der Waals surface area contributed by atoms with Crippen LogP contribution in [0, 0.1) is 5.41 Å². The lowest BCUT2D eigenvalue weighted by atomic mass is 9.79. The molecule has 1 amide bonds. The van der Waals surface area contributed by atoms with E-state index in [1.165, 1.54) is 0 Å². The zero-order valence-corrected chi connectivity index (χ0v) is 19.6. The predicted molar refractivity (Wildman–Crippen MR) is 125 cm³/mol. The number of rotatable bonds is 4. The molecule has 0 radical (unpaired) electrons. The number of nitrogens with one attached hydrogen (secondary N) is 3. The van der Waals surface area contributed by atoms with Crippen molar-refractivity contribution < 1.29 is 9.53 Å². The normalized spacial score (nSPS) is 21.3. The van der Waals surface area contributed by atoms with E-state index >= 15 is 0 Å². The molecule has 1 aromatic heterocycles. The van der Waals surface area contributed by atoms with Gasteiger partial charge in [-0.2, -0.15) is 5.10 Å². The number of aromatic nitrogens is 3. The van der Waals surface area contributed by atoms with E-state index in [-0.39, 0.29) is 35.3 Å². The van der Waals surface area contributed by atoms with Gasteiger partial charge < -0.3 is 20.3 Å². The molecule has 4 rings (SSSR count). The highest BCUT2D eigenvalue weighted by Gasteiger charge is 2.42. The van der Waals surface area contributed by atoms with Crippen LogP contribution in [0.25, 0.3) is 11.4 Å². The summed E-state index contributed by atoms with van der Waals surface area (Å²) in [5.74, 6) is 3.16. The van der Waals surface area contributed by atoms with Crippen LogP contribution in [0.1, 0.15) is 25.1 Å². The Morgan fingerprint density at radius 2 is 2.17 bits per heavy atom. The molecule has 1 aromatic carbocycles. The number of methoxy groups -OCH3 is 1. The average Bonchev–Trinajstić information content (AvgIpc) is 3.36. The van der Waals surface area contributed by atoms with Crippen LogP contribution in [0.4, 0.5) is 0 Å². The number of piperidine rings is 1. The summed E-state index contributed by atoms with van der Waals surface area (Å²) in [4.78, 5) is 23.0. The van der Waals surface area contributed by atoms with Crippen molar-refractivity contribution in [3.05, 3.63) is 30.1 Å². The number of aromatic amines is 1. The molecule has 162 valence electrons. The molecule has 1 unspecified atom stereocenters. The van der Waals surface area contributed by atoms with Gasteiger partial charge in [0.15, 0.2) is 11.8 Å². The smallest absolute Gasteiger partial charge is 0.220 e. The van der Waals surface area contributed by atoms with Crippen LogP contribution < -0.4 is 15.4 Å². The van der Waals surface area contributed by atoms with Gasteiger partial charge in [0.1, 0.15) is 11.6 Å². The van der Waals surface area contributed by atoms with Crippen LogP contribution in [0.15, 0.2) is 29.3 Å². The Morgan fingerprint density at radius 3 is 2.83 bits per heavy atom. The van der Waals surface area contributed by atoms with E-state index in [1.807, 2.05) is 24.3 Å². The number of H-pyrrole nitrogens is 1. The molecule has 3 heterocycles. The van der Waals surface area contributed by atoms with Crippen molar-refractivity contribution in [3.8, 4) is 17.1 Å². The van der Waals surface area contributed by atoms with Gasteiger partial charge in [0.25, 0.3) is 0 Å². The van der Waals surface area contributed by atoms with E-state index < -0.39 is 0 Å². The van der Waals surface area contributed by atoms with Crippen molar-refractivity contribution in [2.45, 2.75) is 25.8 Å². The minimum Gasteiger partial charge on any atom is -0.497 e. The largest absolute Gasteiger partial charge is 0.497 e. The molecule has 10 heteroatoms. The second-order valence-corrected chi connectivity index (χ2v) is 7.71. The molecular formula is C20H28IN7O2. The topological polar surface area (TPSA) is 108 Å². The molecule has 2 aliphatic heterocycles. The van der Waals surface area contributed by atoms with Gasteiger partial charge in [0, 0.05) is 44.1 Å². The number of guanidine groups is 1. The first kappa shape index (κ1) is 22.3. The molecular weight excluding hydrogens is 497 g/mol. The zero-order valence-electron chi connectivity index (χ0n) is 17.3. The van der Waals surface area contributed by atoms with Crippen LogP contribution >= 0.6 is 24.0 Å². The lowest BCUT2D eigenvalue weighted by Crippen LogP contribution is -2.51. The monoisotopic (exact) mass is 525 g/mol. The molecule has 2 fully saturated rings. The summed E-state index contributed by atoms with van der Waals surface area (Å²) in [5.41, 5.74) is 0.954.